The van der Waals surface area contributed by atoms with Crippen LogP contribution >= 0.6 is 0 Å². The van der Waals surface area contributed by atoms with Crippen LogP contribution in [0.2, 0.25) is 0 Å². The third-order valence-corrected chi connectivity index (χ3v) is 2.23. The molecule has 0 saturated carbocycles. The van der Waals surface area contributed by atoms with Crippen molar-refractivity contribution in [2.24, 2.45) is 0 Å². The Bertz CT molecular complexity index is 326. The second-order valence-corrected chi connectivity index (χ2v) is 5.17. The standard InChI is InChI=1S/C12H23NO7/c1-12(2,3)20-11(17)13-7(6-18-4)8(14)9(15)10(16)19-5/h7-9,14-15H,6H2,1-5H3,(H,13,17)/t7-,8+,9+/m0/s1. The van der Waals surface area contributed by atoms with Gasteiger partial charge in [-0.1, -0.05) is 0 Å². The van der Waals surface area contributed by atoms with Crippen molar-refractivity contribution in [2.75, 3.05) is 20.8 Å². The van der Waals surface area contributed by atoms with E-state index in [-0.39, 0.29) is 6.61 Å². The highest BCUT2D eigenvalue weighted by Crippen LogP contribution is 2.09. The summed E-state index contributed by atoms with van der Waals surface area (Å²) in [5.41, 5.74) is -0.715. The fourth-order valence-electron chi connectivity index (χ4n) is 1.34. The summed E-state index contributed by atoms with van der Waals surface area (Å²) in [6, 6.07) is -1.02. The van der Waals surface area contributed by atoms with Crippen LogP contribution < -0.4 is 5.32 Å². The zero-order valence-electron chi connectivity index (χ0n) is 12.4. The SMILES string of the molecule is COC[C@H](NC(=O)OC(C)(C)C)[C@@H](O)[C@@H](O)C(=O)OC. The number of ether oxygens (including phenoxy) is 3. The molecule has 118 valence electrons. The molecule has 0 spiro atoms. The minimum absolute atomic E-state index is 0.117. The van der Waals surface area contributed by atoms with E-state index in [9.17, 15) is 19.8 Å². The maximum Gasteiger partial charge on any atom is 0.408 e. The van der Waals surface area contributed by atoms with E-state index in [0.717, 1.165) is 7.11 Å². The van der Waals surface area contributed by atoms with Crippen LogP contribution in [0.15, 0.2) is 0 Å². The molecule has 0 rings (SSSR count). The molecular formula is C12H23NO7. The summed E-state index contributed by atoms with van der Waals surface area (Å²) in [6.07, 6.45) is -4.18. The Morgan fingerprint density at radius 3 is 2.15 bits per heavy atom. The molecule has 0 aromatic heterocycles. The van der Waals surface area contributed by atoms with Gasteiger partial charge in [0.25, 0.3) is 0 Å². The lowest BCUT2D eigenvalue weighted by Gasteiger charge is -2.27. The van der Waals surface area contributed by atoms with Gasteiger partial charge in [-0.15, -0.1) is 0 Å². The molecule has 8 heteroatoms. The van der Waals surface area contributed by atoms with Gasteiger partial charge in [0.05, 0.1) is 19.8 Å². The van der Waals surface area contributed by atoms with E-state index in [2.05, 4.69) is 10.1 Å². The molecule has 0 aliphatic rings. The molecule has 0 aliphatic heterocycles. The Kier molecular flexibility index (Phi) is 7.48. The number of carbonyl (C=O) groups is 2. The number of amides is 1. The molecule has 8 nitrogen and oxygen atoms in total. The topological polar surface area (TPSA) is 114 Å². The zero-order chi connectivity index (χ0) is 15.9. The molecular weight excluding hydrogens is 270 g/mol. The number of esters is 1. The van der Waals surface area contributed by atoms with Crippen molar-refractivity contribution in [1.82, 2.24) is 5.32 Å². The first-order valence-electron chi connectivity index (χ1n) is 6.04. The van der Waals surface area contributed by atoms with Crippen LogP contribution in [0.3, 0.4) is 0 Å². The largest absolute Gasteiger partial charge is 0.467 e. The molecule has 0 heterocycles. The number of carbonyl (C=O) groups excluding carboxylic acids is 2. The third kappa shape index (κ3) is 6.69. The van der Waals surface area contributed by atoms with E-state index >= 15 is 0 Å². The number of rotatable bonds is 6. The highest BCUT2D eigenvalue weighted by molar-refractivity contribution is 5.75. The summed E-state index contributed by atoms with van der Waals surface area (Å²) in [4.78, 5) is 22.8. The molecule has 0 fully saturated rings. The van der Waals surface area contributed by atoms with Crippen molar-refractivity contribution < 1.29 is 34.0 Å². The van der Waals surface area contributed by atoms with Crippen molar-refractivity contribution in [2.45, 2.75) is 44.6 Å². The average molecular weight is 293 g/mol. The van der Waals surface area contributed by atoms with Gasteiger partial charge in [0, 0.05) is 7.11 Å². The molecule has 3 N–H and O–H groups in total. The Morgan fingerprint density at radius 1 is 1.20 bits per heavy atom. The highest BCUT2D eigenvalue weighted by Gasteiger charge is 2.34. The van der Waals surface area contributed by atoms with Gasteiger partial charge >= 0.3 is 12.1 Å². The van der Waals surface area contributed by atoms with Crippen molar-refractivity contribution in [3.05, 3.63) is 0 Å². The molecule has 0 aromatic rings. The van der Waals surface area contributed by atoms with Gasteiger partial charge in [0.1, 0.15) is 11.7 Å². The first-order valence-corrected chi connectivity index (χ1v) is 6.04. The molecule has 0 bridgehead atoms. The van der Waals surface area contributed by atoms with Gasteiger partial charge in [0.2, 0.25) is 0 Å². The van der Waals surface area contributed by atoms with Crippen molar-refractivity contribution >= 4 is 12.1 Å². The molecule has 0 aromatic carbocycles. The summed E-state index contributed by atoms with van der Waals surface area (Å²) in [5, 5.41) is 21.7. The average Bonchev–Trinajstić information content (AvgIpc) is 2.33. The molecule has 0 aliphatic carbocycles. The molecule has 0 radical (unpaired) electrons. The summed E-state index contributed by atoms with van der Waals surface area (Å²) in [6.45, 7) is 4.92. The van der Waals surface area contributed by atoms with Gasteiger partial charge in [0.15, 0.2) is 6.10 Å². The number of methoxy groups -OCH3 is 2. The van der Waals surface area contributed by atoms with Crippen LogP contribution in [-0.2, 0) is 19.0 Å². The van der Waals surface area contributed by atoms with Gasteiger partial charge in [-0.3, -0.25) is 0 Å². The molecule has 1 amide bonds. The minimum atomic E-state index is -1.80. The molecule has 3 atom stereocenters. The summed E-state index contributed by atoms with van der Waals surface area (Å²) in [7, 11) is 2.42. The lowest BCUT2D eigenvalue weighted by atomic mass is 10.1. The first-order chi connectivity index (χ1) is 9.12. The number of hydrogen-bond acceptors (Lipinski definition) is 7. The Hall–Kier alpha value is -1.38. The first kappa shape index (κ1) is 18.6. The number of aliphatic hydroxyl groups is 2. The number of hydrogen-bond donors (Lipinski definition) is 3. The fourth-order valence-corrected chi connectivity index (χ4v) is 1.34. The van der Waals surface area contributed by atoms with Crippen LogP contribution in [0.5, 0.6) is 0 Å². The molecule has 0 saturated heterocycles. The zero-order valence-corrected chi connectivity index (χ0v) is 12.4. The van der Waals surface area contributed by atoms with Crippen molar-refractivity contribution in [3.63, 3.8) is 0 Å². The van der Waals surface area contributed by atoms with Gasteiger partial charge in [-0.25, -0.2) is 9.59 Å². The van der Waals surface area contributed by atoms with Gasteiger partial charge in [-0.05, 0) is 20.8 Å². The Labute approximate surface area is 118 Å². The van der Waals surface area contributed by atoms with Crippen LogP contribution in [0, 0.1) is 0 Å². The lowest BCUT2D eigenvalue weighted by molar-refractivity contribution is -0.158. The third-order valence-electron chi connectivity index (χ3n) is 2.23. The van der Waals surface area contributed by atoms with E-state index in [1.807, 2.05) is 0 Å². The number of nitrogens with one attached hydrogen (secondary N) is 1. The lowest BCUT2D eigenvalue weighted by Crippen LogP contribution is -2.54. The molecule has 20 heavy (non-hydrogen) atoms. The van der Waals surface area contributed by atoms with Crippen LogP contribution in [0.25, 0.3) is 0 Å². The monoisotopic (exact) mass is 293 g/mol. The second kappa shape index (κ2) is 8.03. The van der Waals surface area contributed by atoms with E-state index in [1.54, 1.807) is 20.8 Å². The maximum atomic E-state index is 11.6. The normalized spacial score (nSPS) is 15.9. The van der Waals surface area contributed by atoms with E-state index in [1.165, 1.54) is 7.11 Å². The van der Waals surface area contributed by atoms with Crippen molar-refractivity contribution in [1.29, 1.82) is 0 Å². The summed E-state index contributed by atoms with van der Waals surface area (Å²) < 4.78 is 14.2. The minimum Gasteiger partial charge on any atom is -0.467 e. The van der Waals surface area contributed by atoms with Crippen LogP contribution in [0.1, 0.15) is 20.8 Å². The fraction of sp³-hybridized carbons (Fsp3) is 0.833. The second-order valence-electron chi connectivity index (χ2n) is 5.17. The smallest absolute Gasteiger partial charge is 0.408 e. The van der Waals surface area contributed by atoms with E-state index in [4.69, 9.17) is 9.47 Å². The summed E-state index contributed by atoms with van der Waals surface area (Å²) in [5.74, 6) is -1.01. The van der Waals surface area contributed by atoms with Crippen LogP contribution in [-0.4, -0.2) is 67.0 Å². The Morgan fingerprint density at radius 2 is 1.75 bits per heavy atom. The van der Waals surface area contributed by atoms with Crippen LogP contribution in [0.4, 0.5) is 4.79 Å². The predicted molar refractivity (Wildman–Crippen MR) is 69.1 cm³/mol. The van der Waals surface area contributed by atoms with E-state index < -0.39 is 35.9 Å². The number of alkyl carbamates (subject to hydrolysis) is 1. The van der Waals surface area contributed by atoms with Crippen molar-refractivity contribution in [3.8, 4) is 0 Å². The highest BCUT2D eigenvalue weighted by atomic mass is 16.6. The van der Waals surface area contributed by atoms with Gasteiger partial charge < -0.3 is 29.7 Å². The van der Waals surface area contributed by atoms with E-state index in [0.29, 0.717) is 0 Å². The number of aliphatic hydroxyl groups excluding tert-OH is 2. The van der Waals surface area contributed by atoms with Gasteiger partial charge in [-0.2, -0.15) is 0 Å². The summed E-state index contributed by atoms with van der Waals surface area (Å²) >= 11 is 0. The maximum absolute atomic E-state index is 11.6. The predicted octanol–water partition coefficient (Wildman–Crippen LogP) is -0.579. The quantitative estimate of drug-likeness (QED) is 0.561. The molecule has 0 unspecified atom stereocenters. The Balaban J connectivity index is 4.71.